The Morgan fingerprint density at radius 3 is 2.06 bits per heavy atom. The minimum Gasteiger partial charge on any atom is -0.478 e. The summed E-state index contributed by atoms with van der Waals surface area (Å²) in [4.78, 5) is 10.8. The first kappa shape index (κ1) is 11.6. The molecule has 0 spiro atoms. The second kappa shape index (κ2) is 3.78. The lowest BCUT2D eigenvalue weighted by Crippen LogP contribution is -2.57. The molecule has 18 heavy (non-hydrogen) atoms. The lowest BCUT2D eigenvalue weighted by molar-refractivity contribution is -0.477. The summed E-state index contributed by atoms with van der Waals surface area (Å²) in [6.45, 7) is 3.78. The zero-order valence-electron chi connectivity index (χ0n) is 10.0. The van der Waals surface area contributed by atoms with Gasteiger partial charge >= 0.3 is 11.9 Å². The van der Waals surface area contributed by atoms with E-state index in [4.69, 9.17) is 19.3 Å². The van der Waals surface area contributed by atoms with Crippen molar-refractivity contribution in [2.75, 3.05) is 19.8 Å². The second-order valence-electron chi connectivity index (χ2n) is 5.12. The third-order valence-electron chi connectivity index (χ3n) is 3.32. The number of aromatic carboxylic acids is 1. The SMILES string of the molecule is CC12COC(c3ccc(C(=O)O)cc3)(OC1)OC2. The highest BCUT2D eigenvalue weighted by Gasteiger charge is 2.51. The maximum absolute atomic E-state index is 10.8. The highest BCUT2D eigenvalue weighted by atomic mass is 16.9. The number of carbonyl (C=O) groups is 1. The molecular formula is C13H14O5. The maximum Gasteiger partial charge on any atom is 0.335 e. The van der Waals surface area contributed by atoms with Crippen molar-refractivity contribution in [3.8, 4) is 0 Å². The smallest absolute Gasteiger partial charge is 0.335 e. The van der Waals surface area contributed by atoms with E-state index in [1.54, 1.807) is 12.1 Å². The molecule has 3 saturated heterocycles. The molecule has 0 unspecified atom stereocenters. The van der Waals surface area contributed by atoms with Crippen LogP contribution in [-0.2, 0) is 20.2 Å². The van der Waals surface area contributed by atoms with Crippen molar-refractivity contribution in [2.45, 2.75) is 12.9 Å². The van der Waals surface area contributed by atoms with Crippen molar-refractivity contribution in [1.82, 2.24) is 0 Å². The average Bonchev–Trinajstić information content (AvgIpc) is 2.40. The van der Waals surface area contributed by atoms with Crippen LogP contribution in [0.25, 0.3) is 0 Å². The Labute approximate surface area is 104 Å². The number of hydrogen-bond donors (Lipinski definition) is 1. The Kier molecular flexibility index (Phi) is 2.45. The molecule has 2 bridgehead atoms. The summed E-state index contributed by atoms with van der Waals surface area (Å²) in [5, 5.41) is 8.86. The molecule has 96 valence electrons. The summed E-state index contributed by atoms with van der Waals surface area (Å²) in [7, 11) is 0. The molecule has 0 radical (unpaired) electrons. The normalized spacial score (nSPS) is 34.5. The van der Waals surface area contributed by atoms with Crippen molar-refractivity contribution in [3.05, 3.63) is 35.4 Å². The number of rotatable bonds is 2. The molecule has 0 aromatic heterocycles. The van der Waals surface area contributed by atoms with Gasteiger partial charge in [0.15, 0.2) is 0 Å². The lowest BCUT2D eigenvalue weighted by atomic mass is 9.91. The molecule has 3 aliphatic rings. The van der Waals surface area contributed by atoms with Gasteiger partial charge in [-0.05, 0) is 12.1 Å². The Hall–Kier alpha value is -1.43. The molecule has 4 rings (SSSR count). The highest BCUT2D eigenvalue weighted by Crippen LogP contribution is 2.43. The maximum atomic E-state index is 10.8. The van der Waals surface area contributed by atoms with Crippen molar-refractivity contribution >= 4 is 5.97 Å². The zero-order valence-corrected chi connectivity index (χ0v) is 10.0. The van der Waals surface area contributed by atoms with Gasteiger partial charge in [0.2, 0.25) is 0 Å². The van der Waals surface area contributed by atoms with Gasteiger partial charge < -0.3 is 19.3 Å². The van der Waals surface area contributed by atoms with Crippen molar-refractivity contribution < 1.29 is 24.1 Å². The third kappa shape index (κ3) is 1.71. The van der Waals surface area contributed by atoms with Gasteiger partial charge in [0.25, 0.3) is 0 Å². The fraction of sp³-hybridized carbons (Fsp3) is 0.462. The number of carboxylic acids is 1. The number of benzene rings is 1. The van der Waals surface area contributed by atoms with Crippen LogP contribution in [0.2, 0.25) is 0 Å². The topological polar surface area (TPSA) is 65.0 Å². The Balaban J connectivity index is 1.88. The predicted octanol–water partition coefficient (Wildman–Crippen LogP) is 1.58. The summed E-state index contributed by atoms with van der Waals surface area (Å²) in [6, 6.07) is 6.37. The van der Waals surface area contributed by atoms with Gasteiger partial charge in [-0.3, -0.25) is 0 Å². The van der Waals surface area contributed by atoms with Crippen LogP contribution < -0.4 is 0 Å². The van der Waals surface area contributed by atoms with Crippen LogP contribution in [0, 0.1) is 5.41 Å². The monoisotopic (exact) mass is 250 g/mol. The molecule has 1 N–H and O–H groups in total. The molecule has 5 heteroatoms. The van der Waals surface area contributed by atoms with Crippen molar-refractivity contribution in [1.29, 1.82) is 0 Å². The Morgan fingerprint density at radius 1 is 1.11 bits per heavy atom. The molecule has 1 aromatic rings. The molecule has 0 aliphatic carbocycles. The molecular weight excluding hydrogens is 236 g/mol. The Morgan fingerprint density at radius 2 is 1.61 bits per heavy atom. The van der Waals surface area contributed by atoms with E-state index in [-0.39, 0.29) is 11.0 Å². The lowest BCUT2D eigenvalue weighted by Gasteiger charge is -2.50. The van der Waals surface area contributed by atoms with E-state index in [9.17, 15) is 4.79 Å². The van der Waals surface area contributed by atoms with Gasteiger partial charge in [0.1, 0.15) is 0 Å². The molecule has 0 saturated carbocycles. The number of ether oxygens (including phenoxy) is 3. The van der Waals surface area contributed by atoms with Crippen molar-refractivity contribution in [3.63, 3.8) is 0 Å². The van der Waals surface area contributed by atoms with Gasteiger partial charge in [-0.1, -0.05) is 19.1 Å². The van der Waals surface area contributed by atoms with Crippen LogP contribution in [0.1, 0.15) is 22.8 Å². The van der Waals surface area contributed by atoms with Crippen LogP contribution >= 0.6 is 0 Å². The predicted molar refractivity (Wildman–Crippen MR) is 61.0 cm³/mol. The highest BCUT2D eigenvalue weighted by molar-refractivity contribution is 5.87. The zero-order chi connectivity index (χ0) is 12.8. The molecule has 0 amide bonds. The summed E-state index contributed by atoms with van der Waals surface area (Å²) < 4.78 is 17.0. The molecule has 3 fully saturated rings. The summed E-state index contributed by atoms with van der Waals surface area (Å²) in [5.74, 6) is -2.11. The first-order valence-corrected chi connectivity index (χ1v) is 5.79. The molecule has 5 nitrogen and oxygen atoms in total. The summed E-state index contributed by atoms with van der Waals surface area (Å²) >= 11 is 0. The number of fused-ring (bicyclic) bond motifs is 3. The summed E-state index contributed by atoms with van der Waals surface area (Å²) in [5.41, 5.74) is 0.837. The number of hydrogen-bond acceptors (Lipinski definition) is 4. The fourth-order valence-corrected chi connectivity index (χ4v) is 2.12. The number of carboxylic acid groups (broad SMARTS) is 1. The minimum atomic E-state index is -1.16. The molecule has 0 atom stereocenters. The van der Waals surface area contributed by atoms with Crippen LogP contribution in [0.3, 0.4) is 0 Å². The molecule has 3 heterocycles. The standard InChI is InChI=1S/C13H14O5/c1-12-6-16-13(17-7-12,18-8-12)10-4-2-9(3-5-10)11(14)15/h2-5H,6-8H2,1H3,(H,14,15). The van der Waals surface area contributed by atoms with E-state index in [1.165, 1.54) is 12.1 Å². The van der Waals surface area contributed by atoms with Crippen LogP contribution in [0.4, 0.5) is 0 Å². The first-order chi connectivity index (χ1) is 8.53. The largest absolute Gasteiger partial charge is 0.478 e. The quantitative estimate of drug-likeness (QED) is 0.863. The van der Waals surface area contributed by atoms with Gasteiger partial charge in [0, 0.05) is 11.0 Å². The minimum absolute atomic E-state index is 0.0806. The van der Waals surface area contributed by atoms with E-state index in [2.05, 4.69) is 0 Å². The van der Waals surface area contributed by atoms with Gasteiger partial charge in [-0.15, -0.1) is 0 Å². The van der Waals surface area contributed by atoms with Gasteiger partial charge in [-0.25, -0.2) is 4.79 Å². The van der Waals surface area contributed by atoms with E-state index in [0.29, 0.717) is 25.4 Å². The summed E-state index contributed by atoms with van der Waals surface area (Å²) in [6.07, 6.45) is 0. The second-order valence-corrected chi connectivity index (χ2v) is 5.12. The van der Waals surface area contributed by atoms with Crippen LogP contribution in [0.15, 0.2) is 24.3 Å². The molecule has 3 aliphatic heterocycles. The van der Waals surface area contributed by atoms with Gasteiger partial charge in [-0.2, -0.15) is 0 Å². The third-order valence-corrected chi connectivity index (χ3v) is 3.32. The molecule has 1 aromatic carbocycles. The fourth-order valence-electron chi connectivity index (χ4n) is 2.12. The van der Waals surface area contributed by atoms with Crippen LogP contribution in [0.5, 0.6) is 0 Å². The van der Waals surface area contributed by atoms with E-state index >= 15 is 0 Å². The van der Waals surface area contributed by atoms with E-state index in [1.807, 2.05) is 6.92 Å². The van der Waals surface area contributed by atoms with Crippen molar-refractivity contribution in [2.24, 2.45) is 5.41 Å². The van der Waals surface area contributed by atoms with Gasteiger partial charge in [0.05, 0.1) is 25.4 Å². The van der Waals surface area contributed by atoms with E-state index in [0.717, 1.165) is 0 Å². The average molecular weight is 250 g/mol. The van der Waals surface area contributed by atoms with E-state index < -0.39 is 11.9 Å². The Bertz CT molecular complexity index is 454. The first-order valence-electron chi connectivity index (χ1n) is 5.79. The van der Waals surface area contributed by atoms with Crippen LogP contribution in [-0.4, -0.2) is 30.9 Å².